The molecule has 1 aromatic carbocycles. The molecule has 0 aliphatic carbocycles. The maximum atomic E-state index is 5.22. The van der Waals surface area contributed by atoms with Gasteiger partial charge in [-0.25, -0.2) is 0 Å². The van der Waals surface area contributed by atoms with Crippen molar-refractivity contribution in [2.24, 2.45) is 4.99 Å². The van der Waals surface area contributed by atoms with Crippen LogP contribution in [0, 0.1) is 6.92 Å². The first-order valence-electron chi connectivity index (χ1n) is 5.39. The number of aromatic nitrogens is 1. The molecule has 0 aliphatic rings. The van der Waals surface area contributed by atoms with Crippen molar-refractivity contribution in [2.45, 2.75) is 6.92 Å². The van der Waals surface area contributed by atoms with E-state index in [0.29, 0.717) is 0 Å². The second-order valence-electron chi connectivity index (χ2n) is 3.69. The molecule has 2 rings (SSSR count). The van der Waals surface area contributed by atoms with Gasteiger partial charge in [0.25, 0.3) is 0 Å². The van der Waals surface area contributed by atoms with Crippen LogP contribution in [-0.2, 0) is 0 Å². The predicted octanol–water partition coefficient (Wildman–Crippen LogP) is 3.15. The molecule has 1 aromatic heterocycles. The molecular formula is C14H14N2O. The Morgan fingerprint density at radius 2 is 2.00 bits per heavy atom. The van der Waals surface area contributed by atoms with Gasteiger partial charge < -0.3 is 4.74 Å². The highest BCUT2D eigenvalue weighted by atomic mass is 16.5. The third-order valence-electron chi connectivity index (χ3n) is 2.36. The average molecular weight is 226 g/mol. The van der Waals surface area contributed by atoms with Gasteiger partial charge in [0.15, 0.2) is 0 Å². The number of aliphatic imine (C=N–C) groups is 1. The summed E-state index contributed by atoms with van der Waals surface area (Å²) in [5, 5.41) is 0. The van der Waals surface area contributed by atoms with E-state index in [4.69, 9.17) is 4.74 Å². The van der Waals surface area contributed by atoms with E-state index in [1.807, 2.05) is 49.5 Å². The Bertz CT molecular complexity index is 518. The van der Waals surface area contributed by atoms with Gasteiger partial charge in [0.2, 0.25) is 0 Å². The summed E-state index contributed by atoms with van der Waals surface area (Å²) in [4.78, 5) is 8.62. The van der Waals surface area contributed by atoms with E-state index in [9.17, 15) is 0 Å². The third-order valence-corrected chi connectivity index (χ3v) is 2.36. The highest BCUT2D eigenvalue weighted by molar-refractivity contribution is 5.80. The molecule has 86 valence electrons. The zero-order chi connectivity index (χ0) is 12.1. The first kappa shape index (κ1) is 11.3. The molecule has 1 heterocycles. The normalized spacial score (nSPS) is 10.7. The fourth-order valence-corrected chi connectivity index (χ4v) is 1.43. The summed E-state index contributed by atoms with van der Waals surface area (Å²) >= 11 is 0. The number of benzene rings is 1. The van der Waals surface area contributed by atoms with Gasteiger partial charge in [-0.15, -0.1) is 0 Å². The van der Waals surface area contributed by atoms with Crippen LogP contribution in [0.2, 0.25) is 0 Å². The number of para-hydroxylation sites is 2. The molecule has 0 fully saturated rings. The summed E-state index contributed by atoms with van der Waals surface area (Å²) in [6.45, 7) is 2.01. The molecule has 0 atom stereocenters. The zero-order valence-electron chi connectivity index (χ0n) is 9.92. The van der Waals surface area contributed by atoms with Crippen LogP contribution in [0.3, 0.4) is 0 Å². The summed E-state index contributed by atoms with van der Waals surface area (Å²) in [5.74, 6) is 0.760. The van der Waals surface area contributed by atoms with Gasteiger partial charge in [-0.3, -0.25) is 9.98 Å². The lowest BCUT2D eigenvalue weighted by Gasteiger charge is -2.02. The monoisotopic (exact) mass is 226 g/mol. The van der Waals surface area contributed by atoms with Crippen molar-refractivity contribution >= 4 is 11.9 Å². The summed E-state index contributed by atoms with van der Waals surface area (Å²) in [7, 11) is 1.64. The Morgan fingerprint density at radius 3 is 2.71 bits per heavy atom. The molecular weight excluding hydrogens is 212 g/mol. The van der Waals surface area contributed by atoms with Gasteiger partial charge in [0.05, 0.1) is 19.0 Å². The predicted molar refractivity (Wildman–Crippen MR) is 69.2 cm³/mol. The molecule has 0 spiro atoms. The lowest BCUT2D eigenvalue weighted by atomic mass is 10.3. The van der Waals surface area contributed by atoms with Crippen molar-refractivity contribution in [3.63, 3.8) is 0 Å². The summed E-state index contributed by atoms with van der Waals surface area (Å²) < 4.78 is 5.22. The van der Waals surface area contributed by atoms with Crippen LogP contribution < -0.4 is 4.74 Å². The molecule has 0 saturated heterocycles. The van der Waals surface area contributed by atoms with Crippen molar-refractivity contribution in [2.75, 3.05) is 7.11 Å². The van der Waals surface area contributed by atoms with Crippen molar-refractivity contribution < 1.29 is 4.74 Å². The van der Waals surface area contributed by atoms with Gasteiger partial charge in [0, 0.05) is 6.20 Å². The number of hydrogen-bond donors (Lipinski definition) is 0. The Balaban J connectivity index is 2.22. The lowest BCUT2D eigenvalue weighted by Crippen LogP contribution is -1.87. The van der Waals surface area contributed by atoms with E-state index in [1.165, 1.54) is 0 Å². The molecule has 0 bridgehead atoms. The largest absolute Gasteiger partial charge is 0.494 e. The molecule has 3 heteroatoms. The Kier molecular flexibility index (Phi) is 3.50. The number of rotatable bonds is 3. The van der Waals surface area contributed by atoms with E-state index in [0.717, 1.165) is 22.7 Å². The van der Waals surface area contributed by atoms with E-state index in [-0.39, 0.29) is 0 Å². The van der Waals surface area contributed by atoms with Crippen molar-refractivity contribution in [1.29, 1.82) is 0 Å². The van der Waals surface area contributed by atoms with Crippen molar-refractivity contribution in [3.05, 3.63) is 53.9 Å². The molecule has 0 radical (unpaired) electrons. The van der Waals surface area contributed by atoms with Gasteiger partial charge in [-0.1, -0.05) is 18.2 Å². The second-order valence-corrected chi connectivity index (χ2v) is 3.69. The van der Waals surface area contributed by atoms with Crippen LogP contribution in [0.4, 0.5) is 5.69 Å². The Hall–Kier alpha value is -2.16. The van der Waals surface area contributed by atoms with Gasteiger partial charge >= 0.3 is 0 Å². The molecule has 0 saturated carbocycles. The number of ether oxygens (including phenoxy) is 1. The smallest absolute Gasteiger partial charge is 0.144 e. The van der Waals surface area contributed by atoms with Crippen LogP contribution in [0.25, 0.3) is 0 Å². The minimum Gasteiger partial charge on any atom is -0.494 e. The maximum absolute atomic E-state index is 5.22. The molecule has 0 amide bonds. The van der Waals surface area contributed by atoms with Gasteiger partial charge in [0.1, 0.15) is 11.4 Å². The van der Waals surface area contributed by atoms with Crippen LogP contribution in [0.15, 0.2) is 47.6 Å². The standard InChI is InChI=1S/C14H14N2O/c1-11-7-8-12(15-9-11)10-16-13-5-3-4-6-14(13)17-2/h3-10H,1-2H3. The topological polar surface area (TPSA) is 34.5 Å². The number of methoxy groups -OCH3 is 1. The number of aryl methyl sites for hydroxylation is 1. The van der Waals surface area contributed by atoms with Crippen molar-refractivity contribution in [1.82, 2.24) is 4.98 Å². The number of pyridine rings is 1. The zero-order valence-corrected chi connectivity index (χ0v) is 9.92. The van der Waals surface area contributed by atoms with E-state index in [1.54, 1.807) is 13.3 Å². The summed E-state index contributed by atoms with van der Waals surface area (Å²) in [6, 6.07) is 11.6. The summed E-state index contributed by atoms with van der Waals surface area (Å²) in [6.07, 6.45) is 3.56. The minimum absolute atomic E-state index is 0.760. The average Bonchev–Trinajstić information content (AvgIpc) is 2.38. The molecule has 17 heavy (non-hydrogen) atoms. The molecule has 0 aliphatic heterocycles. The fourth-order valence-electron chi connectivity index (χ4n) is 1.43. The molecule has 3 nitrogen and oxygen atoms in total. The third kappa shape index (κ3) is 2.91. The first-order chi connectivity index (χ1) is 8.29. The fraction of sp³-hybridized carbons (Fsp3) is 0.143. The van der Waals surface area contributed by atoms with E-state index < -0.39 is 0 Å². The molecule has 2 aromatic rings. The molecule has 0 N–H and O–H groups in total. The second kappa shape index (κ2) is 5.25. The number of nitrogens with zero attached hydrogens (tertiary/aromatic N) is 2. The highest BCUT2D eigenvalue weighted by Gasteiger charge is 1.97. The SMILES string of the molecule is COc1ccccc1N=Cc1ccc(C)cn1. The number of hydrogen-bond acceptors (Lipinski definition) is 3. The first-order valence-corrected chi connectivity index (χ1v) is 5.39. The molecule has 0 unspecified atom stereocenters. The van der Waals surface area contributed by atoms with Crippen LogP contribution in [0.5, 0.6) is 5.75 Å². The summed E-state index contributed by atoms with van der Waals surface area (Å²) in [5.41, 5.74) is 2.78. The lowest BCUT2D eigenvalue weighted by molar-refractivity contribution is 0.416. The Labute approximate surface area is 101 Å². The quantitative estimate of drug-likeness (QED) is 0.753. The highest BCUT2D eigenvalue weighted by Crippen LogP contribution is 2.25. The maximum Gasteiger partial charge on any atom is 0.144 e. The minimum atomic E-state index is 0.760. The van der Waals surface area contributed by atoms with Gasteiger partial charge in [-0.2, -0.15) is 0 Å². The van der Waals surface area contributed by atoms with E-state index in [2.05, 4.69) is 9.98 Å². The van der Waals surface area contributed by atoms with Gasteiger partial charge in [-0.05, 0) is 30.7 Å². The van der Waals surface area contributed by atoms with E-state index >= 15 is 0 Å². The van der Waals surface area contributed by atoms with Crippen LogP contribution >= 0.6 is 0 Å². The Morgan fingerprint density at radius 1 is 1.18 bits per heavy atom. The van der Waals surface area contributed by atoms with Crippen LogP contribution in [-0.4, -0.2) is 18.3 Å². The van der Waals surface area contributed by atoms with Crippen molar-refractivity contribution in [3.8, 4) is 5.75 Å². The van der Waals surface area contributed by atoms with Crippen LogP contribution in [0.1, 0.15) is 11.3 Å².